The molecule has 4 aromatic carbocycles. The predicted octanol–water partition coefficient (Wildman–Crippen LogP) is 4.31. The fourth-order valence-corrected chi connectivity index (χ4v) is 4.20. The van der Waals surface area contributed by atoms with Gasteiger partial charge in [0.15, 0.2) is 0 Å². The number of fused-ring (bicyclic) bond motifs is 2. The van der Waals surface area contributed by atoms with Crippen LogP contribution in [-0.2, 0) is 0 Å². The third kappa shape index (κ3) is 5.02. The lowest BCUT2D eigenvalue weighted by molar-refractivity contribution is 0.0725. The van der Waals surface area contributed by atoms with Crippen molar-refractivity contribution in [1.82, 2.24) is 10.6 Å². The topological polar surface area (TPSA) is 170 Å². The van der Waals surface area contributed by atoms with Gasteiger partial charge in [-0.3, -0.25) is 29.8 Å². The smallest absolute Gasteiger partial charge is 0.343 e. The Morgan fingerprint density at radius 2 is 0.833 bits per heavy atom. The van der Waals surface area contributed by atoms with Gasteiger partial charge in [-0.05, 0) is 84.9 Å². The van der Waals surface area contributed by atoms with E-state index in [2.05, 4.69) is 20.9 Å². The van der Waals surface area contributed by atoms with Gasteiger partial charge in [-0.2, -0.15) is 10.2 Å². The minimum absolute atomic E-state index is 0.115. The highest BCUT2D eigenvalue weighted by atomic mass is 16.5. The number of amides is 4. The molecule has 0 fully saturated rings. The molecular formula is C30H16N4O8. The summed E-state index contributed by atoms with van der Waals surface area (Å²) < 4.78 is 10.7. The Bertz CT molecular complexity index is 1740. The molecule has 0 bridgehead atoms. The maximum Gasteiger partial charge on any atom is 0.343 e. The molecule has 4 amide bonds. The standard InChI is InChI=1S/C30H16N4O8/c35-25-21-11-1-15(13-23(21)27(37)31-25)29(39)41-19-7-3-17(4-8-19)33-34-18-5-9-20(10-6-18)42-30(40)16-2-12-22-24(14-16)28(38)32-26(22)36/h1-14H,(H,31,35,37)(H,32,36,38). The third-order valence-corrected chi connectivity index (χ3v) is 6.32. The molecule has 12 heteroatoms. The maximum absolute atomic E-state index is 12.5. The number of rotatable bonds is 6. The van der Waals surface area contributed by atoms with Gasteiger partial charge in [0.2, 0.25) is 0 Å². The molecule has 6 rings (SSSR count). The van der Waals surface area contributed by atoms with Crippen molar-refractivity contribution in [2.75, 3.05) is 0 Å². The second-order valence-corrected chi connectivity index (χ2v) is 9.05. The van der Waals surface area contributed by atoms with Crippen LogP contribution in [0.1, 0.15) is 62.1 Å². The van der Waals surface area contributed by atoms with E-state index in [1.807, 2.05) is 0 Å². The fourth-order valence-electron chi connectivity index (χ4n) is 4.20. The van der Waals surface area contributed by atoms with Crippen molar-refractivity contribution in [3.63, 3.8) is 0 Å². The van der Waals surface area contributed by atoms with Crippen LogP contribution in [0.25, 0.3) is 0 Å². The number of esters is 2. The van der Waals surface area contributed by atoms with E-state index in [1.165, 1.54) is 60.7 Å². The molecular weight excluding hydrogens is 544 g/mol. The van der Waals surface area contributed by atoms with Gasteiger partial charge in [0.1, 0.15) is 11.5 Å². The second kappa shape index (κ2) is 10.4. The number of azo groups is 1. The number of ether oxygens (including phenoxy) is 2. The van der Waals surface area contributed by atoms with Gasteiger partial charge in [-0.15, -0.1) is 0 Å². The molecule has 204 valence electrons. The molecule has 0 unspecified atom stereocenters. The Balaban J connectivity index is 1.05. The molecule has 0 spiro atoms. The van der Waals surface area contributed by atoms with Gasteiger partial charge < -0.3 is 9.47 Å². The first kappa shape index (κ1) is 26.0. The van der Waals surface area contributed by atoms with Crippen molar-refractivity contribution < 1.29 is 38.2 Å². The van der Waals surface area contributed by atoms with Gasteiger partial charge in [-0.1, -0.05) is 0 Å². The van der Waals surface area contributed by atoms with Gasteiger partial charge in [-0.25, -0.2) is 9.59 Å². The average Bonchev–Trinajstić information content (AvgIpc) is 3.45. The van der Waals surface area contributed by atoms with E-state index in [9.17, 15) is 28.8 Å². The zero-order valence-corrected chi connectivity index (χ0v) is 21.2. The summed E-state index contributed by atoms with van der Waals surface area (Å²) in [7, 11) is 0. The molecule has 2 heterocycles. The number of nitrogens with zero attached hydrogens (tertiary/aromatic N) is 2. The summed E-state index contributed by atoms with van der Waals surface area (Å²) in [5.74, 6) is -3.08. The molecule has 2 N–H and O–H groups in total. The van der Waals surface area contributed by atoms with Crippen molar-refractivity contribution in [3.05, 3.63) is 118 Å². The number of hydrogen-bond donors (Lipinski definition) is 2. The number of imide groups is 2. The van der Waals surface area contributed by atoms with Crippen LogP contribution in [0.3, 0.4) is 0 Å². The van der Waals surface area contributed by atoms with Gasteiger partial charge in [0, 0.05) is 0 Å². The van der Waals surface area contributed by atoms with Crippen LogP contribution in [0.5, 0.6) is 11.5 Å². The number of carbonyl (C=O) groups is 6. The van der Waals surface area contributed by atoms with Crippen LogP contribution >= 0.6 is 0 Å². The average molecular weight is 560 g/mol. The molecule has 0 radical (unpaired) electrons. The van der Waals surface area contributed by atoms with E-state index in [4.69, 9.17) is 9.47 Å². The minimum atomic E-state index is -0.697. The quantitative estimate of drug-likeness (QED) is 0.152. The second-order valence-electron chi connectivity index (χ2n) is 9.05. The summed E-state index contributed by atoms with van der Waals surface area (Å²) in [6, 6.07) is 20.7. The molecule has 0 aromatic heterocycles. The highest BCUT2D eigenvalue weighted by Crippen LogP contribution is 2.25. The van der Waals surface area contributed by atoms with E-state index in [1.54, 1.807) is 24.3 Å². The lowest BCUT2D eigenvalue weighted by Crippen LogP contribution is -2.19. The van der Waals surface area contributed by atoms with Crippen LogP contribution in [-0.4, -0.2) is 35.6 Å². The Morgan fingerprint density at radius 1 is 0.476 bits per heavy atom. The Kier molecular flexibility index (Phi) is 6.40. The summed E-state index contributed by atoms with van der Waals surface area (Å²) in [6.07, 6.45) is 0. The molecule has 0 saturated heterocycles. The van der Waals surface area contributed by atoms with Crippen LogP contribution in [0.15, 0.2) is 95.2 Å². The van der Waals surface area contributed by atoms with Gasteiger partial charge in [0.05, 0.1) is 44.8 Å². The Labute approximate surface area is 236 Å². The monoisotopic (exact) mass is 560 g/mol. The van der Waals surface area contributed by atoms with Gasteiger partial charge >= 0.3 is 11.9 Å². The number of hydrogen-bond acceptors (Lipinski definition) is 10. The molecule has 42 heavy (non-hydrogen) atoms. The lowest BCUT2D eigenvalue weighted by atomic mass is 10.1. The largest absolute Gasteiger partial charge is 0.423 e. The summed E-state index contributed by atoms with van der Waals surface area (Å²) in [5.41, 5.74) is 1.81. The lowest BCUT2D eigenvalue weighted by Gasteiger charge is -2.06. The third-order valence-electron chi connectivity index (χ3n) is 6.32. The zero-order valence-electron chi connectivity index (χ0n) is 21.2. The number of nitrogens with one attached hydrogen (secondary N) is 2. The SMILES string of the molecule is O=C(Oc1ccc(N=Nc2ccc(OC(=O)c3ccc4c(c3)C(=O)NC4=O)cc2)cc1)c1ccc2c(c1)C(=O)NC2=O. The first-order valence-corrected chi connectivity index (χ1v) is 12.3. The molecule has 4 aromatic rings. The zero-order chi connectivity index (χ0) is 29.4. The molecule has 0 atom stereocenters. The van der Waals surface area contributed by atoms with E-state index >= 15 is 0 Å². The Hall–Kier alpha value is -6.30. The molecule has 0 saturated carbocycles. The molecule has 2 aliphatic heterocycles. The minimum Gasteiger partial charge on any atom is -0.423 e. The molecule has 12 nitrogen and oxygen atoms in total. The first-order chi connectivity index (χ1) is 20.2. The summed E-state index contributed by atoms with van der Waals surface area (Å²) in [4.78, 5) is 72.0. The first-order valence-electron chi connectivity index (χ1n) is 12.3. The summed E-state index contributed by atoms with van der Waals surface area (Å²) in [6.45, 7) is 0. The van der Waals surface area contributed by atoms with E-state index in [0.29, 0.717) is 11.4 Å². The summed E-state index contributed by atoms with van der Waals surface area (Å²) in [5, 5.41) is 12.6. The summed E-state index contributed by atoms with van der Waals surface area (Å²) >= 11 is 0. The normalized spacial score (nSPS) is 13.4. The number of carbonyl (C=O) groups excluding carboxylic acids is 6. The predicted molar refractivity (Wildman–Crippen MR) is 143 cm³/mol. The van der Waals surface area contributed by atoms with Crippen LogP contribution in [0.2, 0.25) is 0 Å². The van der Waals surface area contributed by atoms with Crippen LogP contribution < -0.4 is 20.1 Å². The fraction of sp³-hybridized carbons (Fsp3) is 0. The van der Waals surface area contributed by atoms with Crippen molar-refractivity contribution in [2.24, 2.45) is 10.2 Å². The highest BCUT2D eigenvalue weighted by molar-refractivity contribution is 6.22. The van der Waals surface area contributed by atoms with E-state index < -0.39 is 35.6 Å². The molecule has 2 aliphatic rings. The van der Waals surface area contributed by atoms with Crippen molar-refractivity contribution in [3.8, 4) is 11.5 Å². The van der Waals surface area contributed by atoms with Gasteiger partial charge in [0.25, 0.3) is 23.6 Å². The van der Waals surface area contributed by atoms with Crippen LogP contribution in [0, 0.1) is 0 Å². The van der Waals surface area contributed by atoms with Crippen molar-refractivity contribution >= 4 is 46.9 Å². The Morgan fingerprint density at radius 3 is 1.21 bits per heavy atom. The van der Waals surface area contributed by atoms with E-state index in [-0.39, 0.29) is 44.9 Å². The maximum atomic E-state index is 12.5. The van der Waals surface area contributed by atoms with E-state index in [0.717, 1.165) is 0 Å². The van der Waals surface area contributed by atoms with Crippen molar-refractivity contribution in [2.45, 2.75) is 0 Å². The highest BCUT2D eigenvalue weighted by Gasteiger charge is 2.29. The molecule has 0 aliphatic carbocycles. The number of benzene rings is 4. The van der Waals surface area contributed by atoms with Crippen molar-refractivity contribution in [1.29, 1.82) is 0 Å². The van der Waals surface area contributed by atoms with Crippen LogP contribution in [0.4, 0.5) is 11.4 Å².